The zero-order valence-electron chi connectivity index (χ0n) is 17.1. The number of hydrogen-bond donors (Lipinski definition) is 1. The highest BCUT2D eigenvalue weighted by atomic mass is 16.6. The van der Waals surface area contributed by atoms with E-state index in [1.165, 1.54) is 5.56 Å². The van der Waals surface area contributed by atoms with E-state index in [0.29, 0.717) is 19.4 Å². The average molecular weight is 380 g/mol. The number of carbonyl (C=O) groups excluding carboxylic acids is 1. The summed E-state index contributed by atoms with van der Waals surface area (Å²) in [7, 11) is 0. The Kier molecular flexibility index (Phi) is 4.59. The molecule has 2 aromatic rings. The fourth-order valence-electron chi connectivity index (χ4n) is 4.90. The van der Waals surface area contributed by atoms with Gasteiger partial charge in [0.25, 0.3) is 0 Å². The van der Waals surface area contributed by atoms with Crippen LogP contribution in [0.3, 0.4) is 0 Å². The van der Waals surface area contributed by atoms with Gasteiger partial charge in [-0.3, -0.25) is 4.79 Å². The highest BCUT2D eigenvalue weighted by molar-refractivity contribution is 5.97. The van der Waals surface area contributed by atoms with Crippen LogP contribution in [0.25, 0.3) is 0 Å². The molecule has 1 aliphatic carbocycles. The zero-order chi connectivity index (χ0) is 20.0. The molecule has 0 spiro atoms. The SMILES string of the molecule is Cc1ccc(NC(=O)C23CC(OCc4ccccc4)C(C)(C2)OC3(C)C)cc1. The standard InChI is InChI=1S/C24H29NO3/c1-17-10-12-19(13-11-17)25-21(26)24-14-20(23(4,16-24)28-22(24,2)3)27-15-18-8-6-5-7-9-18/h5-13,20H,14-16H2,1-4H3,(H,25,26). The first kappa shape index (κ1) is 19.2. The van der Waals surface area contributed by atoms with Gasteiger partial charge in [0.15, 0.2) is 0 Å². The Morgan fingerprint density at radius 1 is 1.11 bits per heavy atom. The quantitative estimate of drug-likeness (QED) is 0.806. The summed E-state index contributed by atoms with van der Waals surface area (Å²) in [6.07, 6.45) is 1.23. The molecule has 0 radical (unpaired) electrons. The van der Waals surface area contributed by atoms with Crippen LogP contribution in [0.2, 0.25) is 0 Å². The summed E-state index contributed by atoms with van der Waals surface area (Å²) in [5.41, 5.74) is 1.53. The summed E-state index contributed by atoms with van der Waals surface area (Å²) in [6, 6.07) is 18.0. The van der Waals surface area contributed by atoms with Crippen molar-refractivity contribution in [3.8, 4) is 0 Å². The molecule has 1 amide bonds. The van der Waals surface area contributed by atoms with Gasteiger partial charge < -0.3 is 14.8 Å². The van der Waals surface area contributed by atoms with E-state index in [4.69, 9.17) is 9.47 Å². The number of benzene rings is 2. The molecule has 1 heterocycles. The molecule has 2 aromatic carbocycles. The Bertz CT molecular complexity index is 861. The minimum absolute atomic E-state index is 0.0240. The minimum atomic E-state index is -0.603. The molecule has 2 fully saturated rings. The molecule has 4 rings (SSSR count). The maximum Gasteiger partial charge on any atom is 0.233 e. The van der Waals surface area contributed by atoms with Crippen molar-refractivity contribution in [3.05, 3.63) is 65.7 Å². The maximum atomic E-state index is 13.4. The van der Waals surface area contributed by atoms with Gasteiger partial charge in [0.1, 0.15) is 0 Å². The van der Waals surface area contributed by atoms with Gasteiger partial charge in [0.05, 0.1) is 29.3 Å². The first-order valence-corrected chi connectivity index (χ1v) is 9.98. The molecule has 4 heteroatoms. The van der Waals surface area contributed by atoms with E-state index < -0.39 is 16.6 Å². The molecule has 148 valence electrons. The summed E-state index contributed by atoms with van der Waals surface area (Å²) in [4.78, 5) is 13.4. The van der Waals surface area contributed by atoms with Crippen molar-refractivity contribution in [1.82, 2.24) is 0 Å². The van der Waals surface area contributed by atoms with E-state index in [2.05, 4.69) is 24.4 Å². The van der Waals surface area contributed by atoms with Crippen LogP contribution in [-0.2, 0) is 20.9 Å². The Balaban J connectivity index is 1.53. The molecule has 3 unspecified atom stereocenters. The van der Waals surface area contributed by atoms with Crippen molar-refractivity contribution in [2.45, 2.75) is 64.4 Å². The van der Waals surface area contributed by atoms with Crippen molar-refractivity contribution in [2.75, 3.05) is 5.32 Å². The number of amides is 1. The topological polar surface area (TPSA) is 47.6 Å². The molecule has 2 bridgehead atoms. The van der Waals surface area contributed by atoms with Crippen LogP contribution in [0.15, 0.2) is 54.6 Å². The molecule has 1 aliphatic heterocycles. The third-order valence-corrected chi connectivity index (χ3v) is 6.55. The summed E-state index contributed by atoms with van der Waals surface area (Å²) < 4.78 is 12.7. The largest absolute Gasteiger partial charge is 0.371 e. The van der Waals surface area contributed by atoms with Gasteiger partial charge in [-0.15, -0.1) is 0 Å². The molecular formula is C24H29NO3. The van der Waals surface area contributed by atoms with Crippen LogP contribution in [0.1, 0.15) is 44.7 Å². The molecular weight excluding hydrogens is 350 g/mol. The average Bonchev–Trinajstić information content (AvgIpc) is 3.07. The van der Waals surface area contributed by atoms with Crippen LogP contribution in [-0.4, -0.2) is 23.2 Å². The molecule has 3 atom stereocenters. The lowest BCUT2D eigenvalue weighted by Crippen LogP contribution is -2.54. The number of carbonyl (C=O) groups is 1. The van der Waals surface area contributed by atoms with Crippen LogP contribution in [0, 0.1) is 12.3 Å². The summed E-state index contributed by atoms with van der Waals surface area (Å²) in [5, 5.41) is 3.12. The van der Waals surface area contributed by atoms with E-state index in [1.54, 1.807) is 0 Å². The Morgan fingerprint density at radius 3 is 2.46 bits per heavy atom. The number of anilines is 1. The van der Waals surface area contributed by atoms with Gasteiger partial charge in [-0.1, -0.05) is 48.0 Å². The first-order valence-electron chi connectivity index (χ1n) is 9.98. The highest BCUT2D eigenvalue weighted by Crippen LogP contribution is 2.62. The molecule has 1 N–H and O–H groups in total. The van der Waals surface area contributed by atoms with Crippen molar-refractivity contribution < 1.29 is 14.3 Å². The lowest BCUT2D eigenvalue weighted by atomic mass is 9.72. The number of rotatable bonds is 5. The summed E-state index contributed by atoms with van der Waals surface area (Å²) in [6.45, 7) is 8.70. The second kappa shape index (κ2) is 6.71. The smallest absolute Gasteiger partial charge is 0.233 e. The molecule has 1 saturated carbocycles. The normalized spacial score (nSPS) is 30.4. The number of hydrogen-bond acceptors (Lipinski definition) is 3. The second-order valence-electron chi connectivity index (χ2n) is 8.99. The van der Waals surface area contributed by atoms with E-state index in [-0.39, 0.29) is 12.0 Å². The summed E-state index contributed by atoms with van der Waals surface area (Å²) in [5.74, 6) is 0.0240. The monoisotopic (exact) mass is 379 g/mol. The third-order valence-electron chi connectivity index (χ3n) is 6.55. The fraction of sp³-hybridized carbons (Fsp3) is 0.458. The molecule has 4 nitrogen and oxygen atoms in total. The molecule has 1 saturated heterocycles. The van der Waals surface area contributed by atoms with Crippen LogP contribution >= 0.6 is 0 Å². The lowest BCUT2D eigenvalue weighted by molar-refractivity contribution is -0.201. The van der Waals surface area contributed by atoms with Crippen molar-refractivity contribution in [3.63, 3.8) is 0 Å². The molecule has 28 heavy (non-hydrogen) atoms. The predicted octanol–water partition coefficient (Wildman–Crippen LogP) is 4.87. The van der Waals surface area contributed by atoms with Gasteiger partial charge in [0.2, 0.25) is 5.91 Å². The van der Waals surface area contributed by atoms with Gasteiger partial charge >= 0.3 is 0 Å². The Hall–Kier alpha value is -2.17. The number of aryl methyl sites for hydroxylation is 1. The number of fused-ring (bicyclic) bond motifs is 2. The van der Waals surface area contributed by atoms with Gasteiger partial charge in [0, 0.05) is 5.69 Å². The second-order valence-corrected chi connectivity index (χ2v) is 8.99. The maximum absolute atomic E-state index is 13.4. The zero-order valence-corrected chi connectivity index (χ0v) is 17.1. The Morgan fingerprint density at radius 2 is 1.79 bits per heavy atom. The van der Waals surface area contributed by atoms with E-state index in [0.717, 1.165) is 11.3 Å². The highest BCUT2D eigenvalue weighted by Gasteiger charge is 2.71. The number of nitrogens with one attached hydrogen (secondary N) is 1. The van der Waals surface area contributed by atoms with E-state index in [9.17, 15) is 4.79 Å². The van der Waals surface area contributed by atoms with Gasteiger partial charge in [-0.2, -0.15) is 0 Å². The van der Waals surface area contributed by atoms with E-state index in [1.807, 2.05) is 63.2 Å². The summed E-state index contributed by atoms with van der Waals surface area (Å²) >= 11 is 0. The van der Waals surface area contributed by atoms with Gasteiger partial charge in [-0.05, 0) is 58.2 Å². The lowest BCUT2D eigenvalue weighted by Gasteiger charge is -2.44. The third kappa shape index (κ3) is 3.15. The molecule has 2 aliphatic rings. The molecule has 0 aromatic heterocycles. The van der Waals surface area contributed by atoms with Crippen LogP contribution in [0.5, 0.6) is 0 Å². The van der Waals surface area contributed by atoms with Crippen molar-refractivity contribution in [1.29, 1.82) is 0 Å². The van der Waals surface area contributed by atoms with Gasteiger partial charge in [-0.25, -0.2) is 0 Å². The Labute approximate surface area is 167 Å². The van der Waals surface area contributed by atoms with Crippen LogP contribution in [0.4, 0.5) is 5.69 Å². The predicted molar refractivity (Wildman–Crippen MR) is 110 cm³/mol. The van der Waals surface area contributed by atoms with Crippen LogP contribution < -0.4 is 5.32 Å². The number of ether oxygens (including phenoxy) is 2. The van der Waals surface area contributed by atoms with Crippen molar-refractivity contribution >= 4 is 11.6 Å². The van der Waals surface area contributed by atoms with Crippen molar-refractivity contribution in [2.24, 2.45) is 5.41 Å². The first-order chi connectivity index (χ1) is 13.2. The van der Waals surface area contributed by atoms with E-state index >= 15 is 0 Å². The fourth-order valence-corrected chi connectivity index (χ4v) is 4.90. The minimum Gasteiger partial charge on any atom is -0.371 e.